The van der Waals surface area contributed by atoms with Crippen LogP contribution < -0.4 is 10.6 Å². The quantitative estimate of drug-likeness (QED) is 0.915. The van der Waals surface area contributed by atoms with Crippen molar-refractivity contribution in [3.63, 3.8) is 0 Å². The van der Waals surface area contributed by atoms with Gasteiger partial charge < -0.3 is 15.1 Å². The number of halogens is 1. The van der Waals surface area contributed by atoms with E-state index in [0.717, 1.165) is 54.9 Å². The lowest BCUT2D eigenvalue weighted by Crippen LogP contribution is -2.43. The summed E-state index contributed by atoms with van der Waals surface area (Å²) in [7, 11) is 0. The number of piperidine rings is 1. The molecular weight excluding hydrogens is 290 g/mol. The zero-order chi connectivity index (χ0) is 13.9. The summed E-state index contributed by atoms with van der Waals surface area (Å²) >= 11 is 0. The summed E-state index contributed by atoms with van der Waals surface area (Å²) in [6.45, 7) is 2.92. The molecule has 114 valence electrons. The van der Waals surface area contributed by atoms with Crippen molar-refractivity contribution in [2.75, 3.05) is 11.9 Å². The highest BCUT2D eigenvalue weighted by molar-refractivity contribution is 5.96. The Kier molecular flexibility index (Phi) is 5.20. The van der Waals surface area contributed by atoms with E-state index < -0.39 is 0 Å². The molecule has 1 fully saturated rings. The van der Waals surface area contributed by atoms with Crippen molar-refractivity contribution in [3.8, 4) is 0 Å². The molecule has 1 aliphatic heterocycles. The third-order valence-electron chi connectivity index (χ3n) is 3.63. The van der Waals surface area contributed by atoms with Crippen molar-refractivity contribution >= 4 is 35.1 Å². The largest absolute Gasteiger partial charge is 0.441 e. The molecule has 2 aromatic rings. The first-order valence-corrected chi connectivity index (χ1v) is 7.20. The highest BCUT2D eigenvalue weighted by Crippen LogP contribution is 2.21. The molecule has 2 heterocycles. The Balaban J connectivity index is 0.00000161. The summed E-state index contributed by atoms with van der Waals surface area (Å²) in [6.07, 6.45) is 3.92. The first-order chi connectivity index (χ1) is 9.76. The summed E-state index contributed by atoms with van der Waals surface area (Å²) in [6, 6.07) is 5.49. The lowest BCUT2D eigenvalue weighted by molar-refractivity contribution is -0.118. The maximum absolute atomic E-state index is 12.1. The van der Waals surface area contributed by atoms with E-state index in [1.54, 1.807) is 0 Å². The molecule has 0 aliphatic carbocycles. The van der Waals surface area contributed by atoms with Gasteiger partial charge in [0.25, 0.3) is 0 Å². The lowest BCUT2D eigenvalue weighted by Gasteiger charge is -2.22. The molecule has 0 saturated carbocycles. The number of benzene rings is 1. The van der Waals surface area contributed by atoms with Gasteiger partial charge in [-0.1, -0.05) is 13.3 Å². The van der Waals surface area contributed by atoms with Crippen LogP contribution in [0.3, 0.4) is 0 Å². The van der Waals surface area contributed by atoms with Gasteiger partial charge in [0.05, 0.1) is 6.04 Å². The molecule has 1 aromatic carbocycles. The van der Waals surface area contributed by atoms with Crippen LogP contribution in [-0.4, -0.2) is 23.5 Å². The average Bonchev–Trinajstić information content (AvgIpc) is 2.90. The number of amides is 1. The summed E-state index contributed by atoms with van der Waals surface area (Å²) < 4.78 is 5.56. The third-order valence-corrected chi connectivity index (χ3v) is 3.63. The maximum Gasteiger partial charge on any atom is 0.241 e. The molecule has 21 heavy (non-hydrogen) atoms. The molecule has 1 saturated heterocycles. The second-order valence-corrected chi connectivity index (χ2v) is 5.14. The molecule has 1 atom stereocenters. The molecule has 0 spiro atoms. The van der Waals surface area contributed by atoms with E-state index in [9.17, 15) is 4.79 Å². The number of oxazole rings is 1. The number of aryl methyl sites for hydroxylation is 1. The Morgan fingerprint density at radius 2 is 2.33 bits per heavy atom. The minimum Gasteiger partial charge on any atom is -0.441 e. The fraction of sp³-hybridized carbons (Fsp3) is 0.467. The van der Waals surface area contributed by atoms with Crippen LogP contribution in [0.2, 0.25) is 0 Å². The Labute approximate surface area is 129 Å². The fourth-order valence-corrected chi connectivity index (χ4v) is 2.51. The first-order valence-electron chi connectivity index (χ1n) is 7.20. The van der Waals surface area contributed by atoms with Crippen LogP contribution in [0.1, 0.15) is 32.1 Å². The zero-order valence-corrected chi connectivity index (χ0v) is 12.8. The van der Waals surface area contributed by atoms with Gasteiger partial charge in [-0.05, 0) is 37.6 Å². The topological polar surface area (TPSA) is 67.2 Å². The predicted molar refractivity (Wildman–Crippen MR) is 84.9 cm³/mol. The Morgan fingerprint density at radius 3 is 3.05 bits per heavy atom. The van der Waals surface area contributed by atoms with Crippen LogP contribution in [0.15, 0.2) is 22.6 Å². The number of aromatic nitrogens is 1. The molecule has 0 unspecified atom stereocenters. The Bertz CT molecular complexity index is 620. The van der Waals surface area contributed by atoms with Crippen LogP contribution in [0.5, 0.6) is 0 Å². The van der Waals surface area contributed by atoms with Gasteiger partial charge in [0.15, 0.2) is 11.5 Å². The van der Waals surface area contributed by atoms with E-state index in [4.69, 9.17) is 4.42 Å². The highest BCUT2D eigenvalue weighted by atomic mass is 35.5. The number of nitrogens with one attached hydrogen (secondary N) is 2. The summed E-state index contributed by atoms with van der Waals surface area (Å²) in [5.41, 5.74) is 2.32. The van der Waals surface area contributed by atoms with Crippen LogP contribution in [-0.2, 0) is 11.2 Å². The molecule has 1 aliphatic rings. The minimum absolute atomic E-state index is 0. The number of rotatable bonds is 3. The van der Waals surface area contributed by atoms with Gasteiger partial charge in [0.2, 0.25) is 5.91 Å². The second kappa shape index (κ2) is 6.91. The van der Waals surface area contributed by atoms with E-state index in [0.29, 0.717) is 0 Å². The lowest BCUT2D eigenvalue weighted by atomic mass is 10.0. The van der Waals surface area contributed by atoms with Gasteiger partial charge in [-0.15, -0.1) is 12.4 Å². The summed E-state index contributed by atoms with van der Waals surface area (Å²) in [5.74, 6) is 0.751. The van der Waals surface area contributed by atoms with E-state index in [1.165, 1.54) is 0 Å². The number of carbonyl (C=O) groups is 1. The molecule has 1 amide bonds. The van der Waals surface area contributed by atoms with E-state index in [-0.39, 0.29) is 24.4 Å². The molecule has 0 radical (unpaired) electrons. The number of hydrogen-bond donors (Lipinski definition) is 2. The third kappa shape index (κ3) is 3.54. The van der Waals surface area contributed by atoms with Crippen molar-refractivity contribution in [2.45, 2.75) is 38.6 Å². The van der Waals surface area contributed by atoms with E-state index >= 15 is 0 Å². The van der Waals surface area contributed by atoms with Gasteiger partial charge in [-0.25, -0.2) is 4.98 Å². The van der Waals surface area contributed by atoms with Crippen molar-refractivity contribution in [1.82, 2.24) is 10.3 Å². The van der Waals surface area contributed by atoms with Crippen LogP contribution >= 0.6 is 12.4 Å². The van der Waals surface area contributed by atoms with Crippen molar-refractivity contribution in [2.24, 2.45) is 0 Å². The van der Waals surface area contributed by atoms with E-state index in [2.05, 4.69) is 15.6 Å². The van der Waals surface area contributed by atoms with Crippen molar-refractivity contribution < 1.29 is 9.21 Å². The monoisotopic (exact) mass is 309 g/mol. The SMILES string of the molecule is CCc1nc2cc(NC(=O)[C@H]3CCCCN3)ccc2o1.Cl. The average molecular weight is 310 g/mol. The minimum atomic E-state index is -0.0806. The van der Waals surface area contributed by atoms with Gasteiger partial charge in [-0.3, -0.25) is 4.79 Å². The predicted octanol–water partition coefficient (Wildman–Crippen LogP) is 2.89. The maximum atomic E-state index is 12.1. The number of carbonyl (C=O) groups excluding carboxylic acids is 1. The fourth-order valence-electron chi connectivity index (χ4n) is 2.51. The van der Waals surface area contributed by atoms with E-state index in [1.807, 2.05) is 25.1 Å². The molecule has 1 aromatic heterocycles. The summed E-state index contributed by atoms with van der Waals surface area (Å²) in [5, 5.41) is 6.19. The van der Waals surface area contributed by atoms with Crippen molar-refractivity contribution in [3.05, 3.63) is 24.1 Å². The molecule has 0 bridgehead atoms. The molecular formula is C15H20ClN3O2. The standard InChI is InChI=1S/C15H19N3O2.ClH/c1-2-14-18-12-9-10(6-7-13(12)20-14)17-15(19)11-5-3-4-8-16-11;/h6-7,9,11,16H,2-5,8H2,1H3,(H,17,19);1H/t11-;/m1./s1. The number of nitrogens with zero attached hydrogens (tertiary/aromatic N) is 1. The van der Waals surface area contributed by atoms with Crippen molar-refractivity contribution in [1.29, 1.82) is 0 Å². The van der Waals surface area contributed by atoms with Gasteiger partial charge in [0.1, 0.15) is 5.52 Å². The highest BCUT2D eigenvalue weighted by Gasteiger charge is 2.20. The van der Waals surface area contributed by atoms with Gasteiger partial charge >= 0.3 is 0 Å². The summed E-state index contributed by atoms with van der Waals surface area (Å²) in [4.78, 5) is 16.5. The molecule has 5 nitrogen and oxygen atoms in total. The van der Waals surface area contributed by atoms with Gasteiger partial charge in [-0.2, -0.15) is 0 Å². The molecule has 2 N–H and O–H groups in total. The number of fused-ring (bicyclic) bond motifs is 1. The van der Waals surface area contributed by atoms with Crippen LogP contribution in [0, 0.1) is 0 Å². The van der Waals surface area contributed by atoms with Crippen LogP contribution in [0.25, 0.3) is 11.1 Å². The van der Waals surface area contributed by atoms with Gasteiger partial charge in [0, 0.05) is 12.1 Å². The zero-order valence-electron chi connectivity index (χ0n) is 12.0. The molecule has 6 heteroatoms. The smallest absolute Gasteiger partial charge is 0.241 e. The Hall–Kier alpha value is -1.59. The first kappa shape index (κ1) is 15.8. The van der Waals surface area contributed by atoms with Crippen LogP contribution in [0.4, 0.5) is 5.69 Å². The second-order valence-electron chi connectivity index (χ2n) is 5.14. The number of hydrogen-bond acceptors (Lipinski definition) is 4. The normalized spacial score (nSPS) is 18.2. The Morgan fingerprint density at radius 1 is 1.48 bits per heavy atom. The molecule has 3 rings (SSSR count). The number of anilines is 1.